The van der Waals surface area contributed by atoms with Crippen molar-refractivity contribution < 1.29 is 23.8 Å². The van der Waals surface area contributed by atoms with Gasteiger partial charge < -0.3 is 14.2 Å². The van der Waals surface area contributed by atoms with Gasteiger partial charge in [0.05, 0.1) is 13.7 Å². The molecule has 0 atom stereocenters. The fraction of sp³-hybridized carbons (Fsp3) is 0.636. The molecule has 0 bridgehead atoms. The first-order chi connectivity index (χ1) is 12.9. The van der Waals surface area contributed by atoms with Crippen LogP contribution >= 0.6 is 0 Å². The van der Waals surface area contributed by atoms with E-state index in [2.05, 4.69) is 12.1 Å². The number of carbonyl (C=O) groups excluding carboxylic acids is 2. The van der Waals surface area contributed by atoms with Gasteiger partial charge in [-0.3, -0.25) is 9.59 Å². The lowest BCUT2D eigenvalue weighted by atomic mass is 9.82. The molecule has 0 unspecified atom stereocenters. The first-order valence-electron chi connectivity index (χ1n) is 9.90. The number of carbonyl (C=O) groups is 2. The second-order valence-electron chi connectivity index (χ2n) is 7.77. The summed E-state index contributed by atoms with van der Waals surface area (Å²) in [5.74, 6) is 0.331. The summed E-state index contributed by atoms with van der Waals surface area (Å²) in [4.78, 5) is 24.7. The van der Waals surface area contributed by atoms with Crippen LogP contribution in [0, 0.1) is 5.41 Å². The average molecular weight is 376 g/mol. The molecule has 1 aromatic carbocycles. The highest BCUT2D eigenvalue weighted by Crippen LogP contribution is 2.35. The van der Waals surface area contributed by atoms with Gasteiger partial charge in [-0.25, -0.2) is 0 Å². The Labute approximate surface area is 162 Å². The van der Waals surface area contributed by atoms with Crippen molar-refractivity contribution in [3.8, 4) is 5.75 Å². The maximum absolute atomic E-state index is 12.5. The van der Waals surface area contributed by atoms with E-state index in [1.165, 1.54) is 5.56 Å². The molecule has 0 aliphatic heterocycles. The Balaban J connectivity index is 1.83. The summed E-state index contributed by atoms with van der Waals surface area (Å²) in [6.45, 7) is 5.52. The lowest BCUT2D eigenvalue weighted by Gasteiger charge is -2.31. The smallest absolute Gasteiger partial charge is 0.323 e. The van der Waals surface area contributed by atoms with Crippen molar-refractivity contribution in [1.82, 2.24) is 0 Å². The molecule has 150 valence electrons. The van der Waals surface area contributed by atoms with Crippen LogP contribution in [-0.4, -0.2) is 31.8 Å². The van der Waals surface area contributed by atoms with Gasteiger partial charge in [0, 0.05) is 0 Å². The van der Waals surface area contributed by atoms with Crippen molar-refractivity contribution >= 4 is 11.9 Å². The second-order valence-corrected chi connectivity index (χ2v) is 7.77. The highest BCUT2D eigenvalue weighted by Gasteiger charge is 2.41. The summed E-state index contributed by atoms with van der Waals surface area (Å²) in [5, 5.41) is 0. The standard InChI is InChI=1S/C22H32O5/c1-5-6-15-26-20(23)22(2,3)21(24)27-19-13-9-17(10-14-19)16-7-11-18(25-4)12-8-16/h7-8,11-12,17,19H,5-6,9-10,13-15H2,1-4H3. The van der Waals surface area contributed by atoms with Crippen LogP contribution in [0.2, 0.25) is 0 Å². The van der Waals surface area contributed by atoms with Crippen molar-refractivity contribution in [3.05, 3.63) is 29.8 Å². The maximum atomic E-state index is 12.5. The van der Waals surface area contributed by atoms with Crippen LogP contribution < -0.4 is 4.74 Å². The molecule has 5 heteroatoms. The lowest BCUT2D eigenvalue weighted by molar-refractivity contribution is -0.174. The minimum absolute atomic E-state index is 0.130. The molecule has 5 nitrogen and oxygen atoms in total. The number of benzene rings is 1. The molecule has 0 N–H and O–H groups in total. The summed E-state index contributed by atoms with van der Waals surface area (Å²) in [7, 11) is 1.66. The van der Waals surface area contributed by atoms with Gasteiger partial charge in [0.1, 0.15) is 11.9 Å². The highest BCUT2D eigenvalue weighted by atomic mass is 16.6. The van der Waals surface area contributed by atoms with Gasteiger partial charge in [0.15, 0.2) is 5.41 Å². The fourth-order valence-corrected chi connectivity index (χ4v) is 3.26. The number of methoxy groups -OCH3 is 1. The van der Waals surface area contributed by atoms with Crippen LogP contribution in [-0.2, 0) is 19.1 Å². The van der Waals surface area contributed by atoms with Crippen LogP contribution in [0.4, 0.5) is 0 Å². The molecular weight excluding hydrogens is 344 g/mol. The van der Waals surface area contributed by atoms with E-state index < -0.39 is 17.4 Å². The molecule has 2 rings (SSSR count). The topological polar surface area (TPSA) is 61.8 Å². The Bertz CT molecular complexity index is 612. The zero-order valence-electron chi connectivity index (χ0n) is 17.0. The van der Waals surface area contributed by atoms with Gasteiger partial charge in [-0.15, -0.1) is 0 Å². The van der Waals surface area contributed by atoms with Crippen molar-refractivity contribution in [3.63, 3.8) is 0 Å². The minimum Gasteiger partial charge on any atom is -0.497 e. The molecule has 0 aromatic heterocycles. The summed E-state index contributed by atoms with van der Waals surface area (Å²) in [6.07, 6.45) is 5.15. The highest BCUT2D eigenvalue weighted by molar-refractivity contribution is 5.99. The van der Waals surface area contributed by atoms with Crippen molar-refractivity contribution in [2.45, 2.75) is 71.3 Å². The van der Waals surface area contributed by atoms with Gasteiger partial charge in [-0.05, 0) is 69.6 Å². The Morgan fingerprint density at radius 1 is 1.04 bits per heavy atom. The normalized spacial score (nSPS) is 20.0. The molecule has 0 saturated heterocycles. The number of ether oxygens (including phenoxy) is 3. The monoisotopic (exact) mass is 376 g/mol. The Morgan fingerprint density at radius 2 is 1.67 bits per heavy atom. The van der Waals surface area contributed by atoms with Crippen LogP contribution in [0.1, 0.15) is 70.8 Å². The molecular formula is C22H32O5. The van der Waals surface area contributed by atoms with Crippen LogP contribution in [0.5, 0.6) is 5.75 Å². The SMILES string of the molecule is CCCCOC(=O)C(C)(C)C(=O)OC1CCC(c2ccc(OC)cc2)CC1. The minimum atomic E-state index is -1.26. The average Bonchev–Trinajstić information content (AvgIpc) is 2.68. The van der Waals surface area contributed by atoms with Gasteiger partial charge >= 0.3 is 11.9 Å². The Kier molecular flexibility index (Phi) is 7.69. The van der Waals surface area contributed by atoms with Crippen molar-refractivity contribution in [2.24, 2.45) is 5.41 Å². The zero-order chi connectivity index (χ0) is 19.9. The molecule has 1 aromatic rings. The van der Waals surface area contributed by atoms with Gasteiger partial charge in [0.25, 0.3) is 0 Å². The molecule has 0 spiro atoms. The Hall–Kier alpha value is -2.04. The lowest BCUT2D eigenvalue weighted by Crippen LogP contribution is -2.39. The first-order valence-corrected chi connectivity index (χ1v) is 9.90. The number of hydrogen-bond donors (Lipinski definition) is 0. The summed E-state index contributed by atoms with van der Waals surface area (Å²) in [5.41, 5.74) is 0.0287. The molecule has 1 aliphatic carbocycles. The van der Waals surface area contributed by atoms with Crippen molar-refractivity contribution in [1.29, 1.82) is 0 Å². The fourth-order valence-electron chi connectivity index (χ4n) is 3.26. The van der Waals surface area contributed by atoms with E-state index in [-0.39, 0.29) is 6.10 Å². The van der Waals surface area contributed by atoms with Crippen LogP contribution in [0.15, 0.2) is 24.3 Å². The Morgan fingerprint density at radius 3 is 2.22 bits per heavy atom. The maximum Gasteiger partial charge on any atom is 0.323 e. The predicted molar refractivity (Wildman–Crippen MR) is 104 cm³/mol. The summed E-state index contributed by atoms with van der Waals surface area (Å²) >= 11 is 0. The third-order valence-corrected chi connectivity index (χ3v) is 5.29. The molecule has 1 saturated carbocycles. The molecule has 0 amide bonds. The largest absolute Gasteiger partial charge is 0.497 e. The number of esters is 2. The molecule has 1 aliphatic rings. The van der Waals surface area contributed by atoms with E-state index >= 15 is 0 Å². The number of rotatable bonds is 8. The second kappa shape index (κ2) is 9.77. The van der Waals surface area contributed by atoms with E-state index in [0.29, 0.717) is 12.5 Å². The van der Waals surface area contributed by atoms with Crippen LogP contribution in [0.3, 0.4) is 0 Å². The number of unbranched alkanes of at least 4 members (excludes halogenated alkanes) is 1. The molecule has 1 fully saturated rings. The van der Waals surface area contributed by atoms with E-state index in [1.807, 2.05) is 19.1 Å². The quantitative estimate of drug-likeness (QED) is 0.376. The van der Waals surface area contributed by atoms with E-state index in [9.17, 15) is 9.59 Å². The van der Waals surface area contributed by atoms with E-state index in [1.54, 1.807) is 21.0 Å². The third kappa shape index (κ3) is 5.72. The van der Waals surface area contributed by atoms with Crippen LogP contribution in [0.25, 0.3) is 0 Å². The van der Waals surface area contributed by atoms with Gasteiger partial charge in [0.2, 0.25) is 0 Å². The number of hydrogen-bond acceptors (Lipinski definition) is 5. The third-order valence-electron chi connectivity index (χ3n) is 5.29. The predicted octanol–water partition coefficient (Wildman–Crippen LogP) is 4.63. The van der Waals surface area contributed by atoms with E-state index in [4.69, 9.17) is 14.2 Å². The molecule has 0 heterocycles. The summed E-state index contributed by atoms with van der Waals surface area (Å²) < 4.78 is 16.0. The van der Waals surface area contributed by atoms with Gasteiger partial charge in [-0.1, -0.05) is 25.5 Å². The molecule has 0 radical (unpaired) electrons. The van der Waals surface area contributed by atoms with E-state index in [0.717, 1.165) is 44.3 Å². The van der Waals surface area contributed by atoms with Gasteiger partial charge in [-0.2, -0.15) is 0 Å². The molecule has 27 heavy (non-hydrogen) atoms. The van der Waals surface area contributed by atoms with Crippen molar-refractivity contribution in [2.75, 3.05) is 13.7 Å². The summed E-state index contributed by atoms with van der Waals surface area (Å²) in [6, 6.07) is 8.17. The zero-order valence-corrected chi connectivity index (χ0v) is 17.0. The first kappa shape index (κ1) is 21.3.